The lowest BCUT2D eigenvalue weighted by Crippen LogP contribution is -2.36. The number of aryl methyl sites for hydroxylation is 1. The van der Waals surface area contributed by atoms with Crippen LogP contribution in [0.25, 0.3) is 10.9 Å². The Labute approximate surface area is 205 Å². The largest absolute Gasteiger partial charge is 0.328 e. The third-order valence-corrected chi connectivity index (χ3v) is 5.61. The van der Waals surface area contributed by atoms with Crippen molar-refractivity contribution in [2.75, 3.05) is 16.1 Å². The minimum Gasteiger partial charge on any atom is -0.321 e. The van der Waals surface area contributed by atoms with E-state index in [9.17, 15) is 14.4 Å². The normalized spacial score (nSPS) is 10.7. The van der Waals surface area contributed by atoms with Gasteiger partial charge in [0.05, 0.1) is 5.52 Å². The van der Waals surface area contributed by atoms with Gasteiger partial charge in [0.2, 0.25) is 0 Å². The molecule has 3 aromatic carbocycles. The van der Waals surface area contributed by atoms with Gasteiger partial charge in [0.25, 0.3) is 5.91 Å². The van der Waals surface area contributed by atoms with Gasteiger partial charge in [-0.15, -0.1) is 0 Å². The number of anilines is 2. The van der Waals surface area contributed by atoms with Crippen LogP contribution < -0.4 is 16.1 Å². The van der Waals surface area contributed by atoms with Crippen molar-refractivity contribution in [2.45, 2.75) is 13.3 Å². The summed E-state index contributed by atoms with van der Waals surface area (Å²) < 4.78 is 1.26. The highest BCUT2D eigenvalue weighted by Gasteiger charge is 2.21. The fourth-order valence-electron chi connectivity index (χ4n) is 3.52. The van der Waals surface area contributed by atoms with Gasteiger partial charge in [-0.3, -0.25) is 19.8 Å². The Morgan fingerprint density at radius 3 is 2.35 bits per heavy atom. The van der Waals surface area contributed by atoms with Crippen LogP contribution in [0.3, 0.4) is 0 Å². The fraction of sp³-hybridized carbons (Fsp3) is 0.0800. The molecular formula is C25H20Cl2N4O3. The molecule has 0 bridgehead atoms. The van der Waals surface area contributed by atoms with Crippen LogP contribution in [-0.2, 0) is 16.0 Å². The highest BCUT2D eigenvalue weighted by atomic mass is 35.5. The molecule has 0 aliphatic rings. The topological polar surface area (TPSA) is 92.2 Å². The first-order valence-electron chi connectivity index (χ1n) is 10.4. The molecule has 0 radical (unpaired) electrons. The SMILES string of the molecule is CCc1ccccc1NC(=O)C(=O)Nn1c(C(=O)Nc2cccc(Cl)c2)cc2cc(Cl)ccc21. The molecular weight excluding hydrogens is 475 g/mol. The van der Waals surface area contributed by atoms with Crippen LogP contribution in [0.15, 0.2) is 72.8 Å². The summed E-state index contributed by atoms with van der Waals surface area (Å²) in [6.07, 6.45) is 0.689. The predicted molar refractivity (Wildman–Crippen MR) is 135 cm³/mol. The molecule has 1 heterocycles. The third kappa shape index (κ3) is 5.06. The molecule has 0 unspecified atom stereocenters. The zero-order valence-corrected chi connectivity index (χ0v) is 19.6. The number of carbonyl (C=O) groups is 3. The summed E-state index contributed by atoms with van der Waals surface area (Å²) in [5.41, 5.74) is 5.05. The predicted octanol–water partition coefficient (Wildman–Crippen LogP) is 5.47. The van der Waals surface area contributed by atoms with E-state index in [-0.39, 0.29) is 5.69 Å². The third-order valence-electron chi connectivity index (χ3n) is 5.14. The van der Waals surface area contributed by atoms with E-state index >= 15 is 0 Å². The Balaban J connectivity index is 1.63. The van der Waals surface area contributed by atoms with Gasteiger partial charge in [-0.25, -0.2) is 4.68 Å². The molecule has 34 heavy (non-hydrogen) atoms. The number of hydrogen-bond donors (Lipinski definition) is 3. The smallest absolute Gasteiger partial charge is 0.321 e. The van der Waals surface area contributed by atoms with Crippen molar-refractivity contribution >= 4 is 63.2 Å². The standard InChI is InChI=1S/C25H20Cl2N4O3/c1-2-15-6-3-4-9-20(15)29-24(33)25(34)30-31-21-11-10-18(27)12-16(21)13-22(31)23(32)28-19-8-5-7-17(26)14-19/h3-14H,2H2,1H3,(H,28,32)(H,29,33)(H,30,34). The maximum Gasteiger partial charge on any atom is 0.328 e. The second-order valence-electron chi connectivity index (χ2n) is 7.44. The van der Waals surface area contributed by atoms with Crippen molar-refractivity contribution in [3.63, 3.8) is 0 Å². The van der Waals surface area contributed by atoms with Crippen LogP contribution >= 0.6 is 23.2 Å². The average Bonchev–Trinajstić information content (AvgIpc) is 3.16. The molecule has 3 amide bonds. The van der Waals surface area contributed by atoms with Crippen molar-refractivity contribution in [1.29, 1.82) is 0 Å². The van der Waals surface area contributed by atoms with Crippen LogP contribution in [0.5, 0.6) is 0 Å². The molecule has 7 nitrogen and oxygen atoms in total. The monoisotopic (exact) mass is 494 g/mol. The fourth-order valence-corrected chi connectivity index (χ4v) is 3.89. The Kier molecular flexibility index (Phi) is 6.86. The summed E-state index contributed by atoms with van der Waals surface area (Å²) in [5.74, 6) is -2.31. The summed E-state index contributed by atoms with van der Waals surface area (Å²) in [6.45, 7) is 1.95. The highest BCUT2D eigenvalue weighted by molar-refractivity contribution is 6.42. The van der Waals surface area contributed by atoms with E-state index < -0.39 is 17.7 Å². The maximum absolute atomic E-state index is 13.1. The first-order valence-corrected chi connectivity index (χ1v) is 11.2. The second-order valence-corrected chi connectivity index (χ2v) is 8.31. The first-order chi connectivity index (χ1) is 16.4. The number of carbonyl (C=O) groups excluding carboxylic acids is 3. The molecule has 3 N–H and O–H groups in total. The van der Waals surface area contributed by atoms with E-state index in [4.69, 9.17) is 23.2 Å². The van der Waals surface area contributed by atoms with E-state index in [0.717, 1.165) is 5.56 Å². The van der Waals surface area contributed by atoms with E-state index in [1.165, 1.54) is 4.68 Å². The number of nitrogens with zero attached hydrogens (tertiary/aromatic N) is 1. The maximum atomic E-state index is 13.1. The zero-order chi connectivity index (χ0) is 24.2. The first kappa shape index (κ1) is 23.4. The van der Waals surface area contributed by atoms with Crippen LogP contribution in [0.1, 0.15) is 23.0 Å². The minimum absolute atomic E-state index is 0.104. The van der Waals surface area contributed by atoms with Gasteiger partial charge in [-0.2, -0.15) is 0 Å². The molecule has 0 aliphatic heterocycles. The number of halogens is 2. The summed E-state index contributed by atoms with van der Waals surface area (Å²) in [6, 6.07) is 20.4. The number of nitrogens with one attached hydrogen (secondary N) is 3. The quantitative estimate of drug-likeness (QED) is 0.321. The Morgan fingerprint density at radius 2 is 1.59 bits per heavy atom. The molecule has 1 aromatic heterocycles. The molecule has 9 heteroatoms. The summed E-state index contributed by atoms with van der Waals surface area (Å²) in [7, 11) is 0. The average molecular weight is 495 g/mol. The lowest BCUT2D eigenvalue weighted by atomic mass is 10.1. The van der Waals surface area contributed by atoms with E-state index in [2.05, 4.69) is 16.1 Å². The van der Waals surface area contributed by atoms with Crippen molar-refractivity contribution in [1.82, 2.24) is 4.68 Å². The second kappa shape index (κ2) is 9.99. The van der Waals surface area contributed by atoms with Crippen LogP contribution in [0.2, 0.25) is 10.0 Å². The van der Waals surface area contributed by atoms with Crippen LogP contribution in [0, 0.1) is 0 Å². The molecule has 0 spiro atoms. The number of rotatable bonds is 5. The van der Waals surface area contributed by atoms with Gasteiger partial charge in [0.15, 0.2) is 0 Å². The lowest BCUT2D eigenvalue weighted by Gasteiger charge is -2.14. The number of fused-ring (bicyclic) bond motifs is 1. The molecule has 0 saturated heterocycles. The van der Waals surface area contributed by atoms with Gasteiger partial charge in [-0.1, -0.05) is 54.4 Å². The molecule has 4 rings (SSSR count). The van der Waals surface area contributed by atoms with E-state index in [1.807, 2.05) is 19.1 Å². The number of benzene rings is 3. The van der Waals surface area contributed by atoms with Crippen molar-refractivity contribution in [3.8, 4) is 0 Å². The number of aromatic nitrogens is 1. The van der Waals surface area contributed by atoms with Crippen LogP contribution in [-0.4, -0.2) is 22.4 Å². The summed E-state index contributed by atoms with van der Waals surface area (Å²) in [4.78, 5) is 38.5. The van der Waals surface area contributed by atoms with E-state index in [1.54, 1.807) is 60.7 Å². The van der Waals surface area contributed by atoms with Gasteiger partial charge in [-0.05, 0) is 60.5 Å². The van der Waals surface area contributed by atoms with Gasteiger partial charge < -0.3 is 10.6 Å². The highest BCUT2D eigenvalue weighted by Crippen LogP contribution is 2.24. The molecule has 0 fully saturated rings. The molecule has 0 atom stereocenters. The number of para-hydroxylation sites is 1. The van der Waals surface area contributed by atoms with E-state index in [0.29, 0.717) is 38.7 Å². The van der Waals surface area contributed by atoms with Gasteiger partial charge in [0, 0.05) is 26.8 Å². The van der Waals surface area contributed by atoms with Crippen LogP contribution in [0.4, 0.5) is 11.4 Å². The zero-order valence-electron chi connectivity index (χ0n) is 18.1. The van der Waals surface area contributed by atoms with Gasteiger partial charge in [0.1, 0.15) is 5.69 Å². The molecule has 4 aromatic rings. The van der Waals surface area contributed by atoms with Crippen molar-refractivity contribution in [3.05, 3.63) is 94.1 Å². The number of amides is 3. The van der Waals surface area contributed by atoms with Crippen molar-refractivity contribution < 1.29 is 14.4 Å². The lowest BCUT2D eigenvalue weighted by molar-refractivity contribution is -0.133. The Bertz CT molecular complexity index is 1410. The Morgan fingerprint density at radius 1 is 0.824 bits per heavy atom. The molecule has 0 aliphatic carbocycles. The molecule has 172 valence electrons. The minimum atomic E-state index is -0.935. The summed E-state index contributed by atoms with van der Waals surface area (Å²) in [5, 5.41) is 6.91. The van der Waals surface area contributed by atoms with Crippen molar-refractivity contribution in [2.24, 2.45) is 0 Å². The molecule has 0 saturated carbocycles. The Hall–Kier alpha value is -3.81. The van der Waals surface area contributed by atoms with Gasteiger partial charge >= 0.3 is 11.8 Å². The summed E-state index contributed by atoms with van der Waals surface area (Å²) >= 11 is 12.1. The number of hydrogen-bond acceptors (Lipinski definition) is 3.